The minimum atomic E-state index is 0.0642. The molecule has 1 N–H and O–H groups in total. The van der Waals surface area contributed by atoms with Crippen molar-refractivity contribution in [2.45, 2.75) is 56.0 Å². The molecule has 2 aromatic carbocycles. The summed E-state index contributed by atoms with van der Waals surface area (Å²) in [5.41, 5.74) is 4.13. The minimum Gasteiger partial charge on any atom is -0.370 e. The largest absolute Gasteiger partial charge is 0.370 e. The highest BCUT2D eigenvalue weighted by molar-refractivity contribution is 5.54. The van der Waals surface area contributed by atoms with Crippen LogP contribution in [-0.4, -0.2) is 36.2 Å². The fourth-order valence-electron chi connectivity index (χ4n) is 6.03. The first-order valence-electron chi connectivity index (χ1n) is 11.3. The Kier molecular flexibility index (Phi) is 5.09. The highest BCUT2D eigenvalue weighted by atomic mass is 15.4. The number of hydrogen-bond acceptors (Lipinski definition) is 3. The Morgan fingerprint density at radius 2 is 1.52 bits per heavy atom. The van der Waals surface area contributed by atoms with Crippen molar-refractivity contribution in [2.75, 3.05) is 24.7 Å². The monoisotopic (exact) mass is 387 g/mol. The van der Waals surface area contributed by atoms with E-state index < -0.39 is 0 Å². The summed E-state index contributed by atoms with van der Waals surface area (Å²) in [7, 11) is 0. The molecule has 2 atom stereocenters. The van der Waals surface area contributed by atoms with Gasteiger partial charge in [0.25, 0.3) is 0 Å². The molecule has 3 aliphatic rings. The van der Waals surface area contributed by atoms with E-state index in [0.29, 0.717) is 12.0 Å². The Bertz CT molecular complexity index is 824. The molecule has 0 radical (unpaired) electrons. The predicted molar refractivity (Wildman–Crippen MR) is 121 cm³/mol. The van der Waals surface area contributed by atoms with Crippen molar-refractivity contribution >= 4 is 5.69 Å². The SMILES string of the molecule is C=C1NCN(c2ccccc2)C12CCN([C@@H]1CCCCC1c1ccccc1)CC2. The minimum absolute atomic E-state index is 0.0642. The molecule has 2 aromatic rings. The van der Waals surface area contributed by atoms with Crippen LogP contribution in [0.2, 0.25) is 0 Å². The number of nitrogens with one attached hydrogen (secondary N) is 1. The fourth-order valence-corrected chi connectivity index (χ4v) is 6.03. The maximum absolute atomic E-state index is 4.44. The van der Waals surface area contributed by atoms with Crippen LogP contribution in [0.5, 0.6) is 0 Å². The summed E-state index contributed by atoms with van der Waals surface area (Å²) in [6, 6.07) is 22.8. The van der Waals surface area contributed by atoms with Crippen LogP contribution in [0.15, 0.2) is 72.9 Å². The second kappa shape index (κ2) is 7.87. The summed E-state index contributed by atoms with van der Waals surface area (Å²) in [6.45, 7) is 7.64. The second-order valence-electron chi connectivity index (χ2n) is 9.01. The zero-order valence-electron chi connectivity index (χ0n) is 17.4. The summed E-state index contributed by atoms with van der Waals surface area (Å²) >= 11 is 0. The number of likely N-dealkylation sites (tertiary alicyclic amines) is 1. The van der Waals surface area contributed by atoms with E-state index in [4.69, 9.17) is 0 Å². The van der Waals surface area contributed by atoms with Crippen molar-refractivity contribution in [1.82, 2.24) is 10.2 Å². The summed E-state index contributed by atoms with van der Waals surface area (Å²) in [6.07, 6.45) is 7.74. The van der Waals surface area contributed by atoms with Gasteiger partial charge in [0, 0.05) is 30.5 Å². The van der Waals surface area contributed by atoms with Gasteiger partial charge < -0.3 is 10.2 Å². The lowest BCUT2D eigenvalue weighted by molar-refractivity contribution is 0.0913. The van der Waals surface area contributed by atoms with Gasteiger partial charge in [-0.15, -0.1) is 0 Å². The van der Waals surface area contributed by atoms with Crippen LogP contribution < -0.4 is 10.2 Å². The van der Waals surface area contributed by atoms with E-state index in [-0.39, 0.29) is 5.54 Å². The van der Waals surface area contributed by atoms with Crippen molar-refractivity contribution in [2.24, 2.45) is 0 Å². The molecule has 1 aliphatic carbocycles. The van der Waals surface area contributed by atoms with E-state index in [0.717, 1.165) is 32.6 Å². The lowest BCUT2D eigenvalue weighted by atomic mass is 9.77. The maximum atomic E-state index is 4.44. The zero-order valence-corrected chi connectivity index (χ0v) is 17.4. The van der Waals surface area contributed by atoms with Crippen LogP contribution in [0.3, 0.4) is 0 Å². The van der Waals surface area contributed by atoms with E-state index in [9.17, 15) is 0 Å². The molecule has 2 saturated heterocycles. The van der Waals surface area contributed by atoms with Gasteiger partial charge in [-0.3, -0.25) is 4.90 Å². The van der Waals surface area contributed by atoms with Crippen LogP contribution >= 0.6 is 0 Å². The lowest BCUT2D eigenvalue weighted by Gasteiger charge is -2.49. The van der Waals surface area contributed by atoms with E-state index in [1.54, 1.807) is 0 Å². The highest BCUT2D eigenvalue weighted by Crippen LogP contribution is 2.43. The molecule has 0 aromatic heterocycles. The maximum Gasteiger partial charge on any atom is 0.0884 e. The van der Waals surface area contributed by atoms with E-state index in [1.165, 1.54) is 42.6 Å². The third-order valence-corrected chi connectivity index (χ3v) is 7.65. The molecule has 29 heavy (non-hydrogen) atoms. The topological polar surface area (TPSA) is 18.5 Å². The molecule has 2 aliphatic heterocycles. The Hall–Kier alpha value is -2.26. The first kappa shape index (κ1) is 18.7. The summed E-state index contributed by atoms with van der Waals surface area (Å²) in [4.78, 5) is 5.36. The van der Waals surface area contributed by atoms with Crippen LogP contribution in [0, 0.1) is 0 Å². The number of rotatable bonds is 3. The smallest absolute Gasteiger partial charge is 0.0884 e. The first-order valence-corrected chi connectivity index (χ1v) is 11.3. The average molecular weight is 388 g/mol. The molecule has 0 bridgehead atoms. The summed E-state index contributed by atoms with van der Waals surface area (Å²) in [5.74, 6) is 0.689. The Morgan fingerprint density at radius 1 is 0.862 bits per heavy atom. The van der Waals surface area contributed by atoms with Gasteiger partial charge in [0.05, 0.1) is 12.2 Å². The third-order valence-electron chi connectivity index (χ3n) is 7.65. The Morgan fingerprint density at radius 3 is 2.24 bits per heavy atom. The predicted octanol–water partition coefficient (Wildman–Crippen LogP) is 5.13. The molecule has 1 saturated carbocycles. The number of piperidine rings is 1. The van der Waals surface area contributed by atoms with Gasteiger partial charge in [0.1, 0.15) is 0 Å². The fraction of sp³-hybridized carbons (Fsp3) is 0.462. The first-order chi connectivity index (χ1) is 14.3. The van der Waals surface area contributed by atoms with E-state index in [2.05, 4.69) is 82.4 Å². The molecule has 152 valence electrons. The third kappa shape index (κ3) is 3.36. The van der Waals surface area contributed by atoms with Gasteiger partial charge in [-0.25, -0.2) is 0 Å². The van der Waals surface area contributed by atoms with Crippen molar-refractivity contribution < 1.29 is 0 Å². The van der Waals surface area contributed by atoms with Gasteiger partial charge in [-0.1, -0.05) is 68.0 Å². The number of anilines is 1. The zero-order chi connectivity index (χ0) is 19.7. The summed E-state index contributed by atoms with van der Waals surface area (Å²) < 4.78 is 0. The van der Waals surface area contributed by atoms with Gasteiger partial charge >= 0.3 is 0 Å². The molecular weight excluding hydrogens is 354 g/mol. The molecule has 3 fully saturated rings. The van der Waals surface area contributed by atoms with Crippen LogP contribution in [-0.2, 0) is 0 Å². The molecule has 3 heteroatoms. The van der Waals surface area contributed by atoms with E-state index >= 15 is 0 Å². The lowest BCUT2D eigenvalue weighted by Crippen LogP contribution is -2.56. The van der Waals surface area contributed by atoms with Crippen molar-refractivity contribution in [3.8, 4) is 0 Å². The van der Waals surface area contributed by atoms with Gasteiger partial charge in [0.15, 0.2) is 0 Å². The molecule has 3 nitrogen and oxygen atoms in total. The quantitative estimate of drug-likeness (QED) is 0.788. The highest BCUT2D eigenvalue weighted by Gasteiger charge is 2.47. The Labute approximate surface area is 175 Å². The van der Waals surface area contributed by atoms with Gasteiger partial charge in [0.2, 0.25) is 0 Å². The van der Waals surface area contributed by atoms with Crippen LogP contribution in [0.25, 0.3) is 0 Å². The Balaban J connectivity index is 1.34. The molecule has 2 heterocycles. The molecular formula is C26H33N3. The normalized spacial score (nSPS) is 27.2. The van der Waals surface area contributed by atoms with Crippen molar-refractivity contribution in [1.29, 1.82) is 0 Å². The molecule has 1 spiro atoms. The molecule has 0 amide bonds. The standard InChI is InChI=1S/C26H33N3/c1-21-26(29(20-27-21)23-12-6-3-7-13-23)16-18-28(19-17-26)25-15-9-8-14-24(25)22-10-4-2-5-11-22/h2-7,10-13,24-25,27H,1,8-9,14-20H2/t24?,25-/m1/s1. The molecule has 5 rings (SSSR count). The molecule has 1 unspecified atom stereocenters. The average Bonchev–Trinajstić information content (AvgIpc) is 3.11. The van der Waals surface area contributed by atoms with Crippen molar-refractivity contribution in [3.63, 3.8) is 0 Å². The number of hydrogen-bond donors (Lipinski definition) is 1. The van der Waals surface area contributed by atoms with Crippen LogP contribution in [0.4, 0.5) is 5.69 Å². The van der Waals surface area contributed by atoms with E-state index in [1.807, 2.05) is 0 Å². The van der Waals surface area contributed by atoms with Crippen molar-refractivity contribution in [3.05, 3.63) is 78.5 Å². The van der Waals surface area contributed by atoms with Gasteiger partial charge in [-0.05, 0) is 49.3 Å². The number of nitrogens with zero attached hydrogens (tertiary/aromatic N) is 2. The number of benzene rings is 2. The van der Waals surface area contributed by atoms with Gasteiger partial charge in [-0.2, -0.15) is 0 Å². The van der Waals surface area contributed by atoms with Crippen LogP contribution in [0.1, 0.15) is 50.0 Å². The number of para-hydroxylation sites is 1. The second-order valence-corrected chi connectivity index (χ2v) is 9.01. The summed E-state index contributed by atoms with van der Waals surface area (Å²) in [5, 5.41) is 3.57.